The van der Waals surface area contributed by atoms with E-state index in [2.05, 4.69) is 4.98 Å². The number of rotatable bonds is 5. The number of hydrogen-bond acceptors (Lipinski definition) is 4. The molecular formula is C23H25F2N3O3. The predicted octanol–water partition coefficient (Wildman–Crippen LogP) is 3.72. The first-order valence-corrected chi connectivity index (χ1v) is 10.2. The lowest BCUT2D eigenvalue weighted by molar-refractivity contribution is -0.113. The van der Waals surface area contributed by atoms with Crippen LogP contribution in [0.3, 0.4) is 0 Å². The van der Waals surface area contributed by atoms with Crippen LogP contribution in [-0.2, 0) is 6.42 Å². The second kappa shape index (κ2) is 7.60. The number of aromatic nitrogens is 2. The zero-order chi connectivity index (χ0) is 22.5. The largest absolute Gasteiger partial charge is 0.504 e. The zero-order valence-corrected chi connectivity index (χ0v) is 17.7. The van der Waals surface area contributed by atoms with E-state index in [0.29, 0.717) is 16.9 Å². The molecule has 1 aliphatic heterocycles. The summed E-state index contributed by atoms with van der Waals surface area (Å²) < 4.78 is 28.3. The summed E-state index contributed by atoms with van der Waals surface area (Å²) in [5, 5.41) is 21.6. The van der Waals surface area contributed by atoms with Gasteiger partial charge in [-0.25, -0.2) is 13.8 Å². The van der Waals surface area contributed by atoms with Crippen molar-refractivity contribution in [3.63, 3.8) is 0 Å². The number of aryl methyl sites for hydroxylation is 3. The van der Waals surface area contributed by atoms with Crippen molar-refractivity contribution in [1.82, 2.24) is 14.3 Å². The first-order chi connectivity index (χ1) is 14.6. The highest BCUT2D eigenvalue weighted by atomic mass is 19.3. The van der Waals surface area contributed by atoms with Crippen molar-refractivity contribution in [1.29, 1.82) is 0 Å². The fraction of sp³-hybridized carbons (Fsp3) is 0.391. The third-order valence-electron chi connectivity index (χ3n) is 6.04. The Hall–Kier alpha value is -3.00. The molecule has 31 heavy (non-hydrogen) atoms. The van der Waals surface area contributed by atoms with Crippen LogP contribution in [0.4, 0.5) is 8.78 Å². The molecule has 1 atom stereocenters. The minimum Gasteiger partial charge on any atom is -0.504 e. The highest BCUT2D eigenvalue weighted by Gasteiger charge is 2.47. The molecular weight excluding hydrogens is 404 g/mol. The first-order valence-electron chi connectivity index (χ1n) is 10.2. The third-order valence-corrected chi connectivity index (χ3v) is 6.04. The van der Waals surface area contributed by atoms with Crippen LogP contribution in [0.5, 0.6) is 5.75 Å². The predicted molar refractivity (Wildman–Crippen MR) is 112 cm³/mol. The Morgan fingerprint density at radius 1 is 1.23 bits per heavy atom. The minimum absolute atomic E-state index is 0.151. The van der Waals surface area contributed by atoms with Gasteiger partial charge in [-0.2, -0.15) is 0 Å². The van der Waals surface area contributed by atoms with Crippen molar-refractivity contribution in [2.75, 3.05) is 13.1 Å². The number of nitrogens with zero attached hydrogens (tertiary/aromatic N) is 3. The average Bonchev–Trinajstić information content (AvgIpc) is 2.99. The summed E-state index contributed by atoms with van der Waals surface area (Å²) >= 11 is 0. The molecule has 0 saturated carbocycles. The number of pyridine rings is 1. The Morgan fingerprint density at radius 2 is 1.90 bits per heavy atom. The maximum absolute atomic E-state index is 13.4. The number of aliphatic hydroxyl groups is 1. The highest BCUT2D eigenvalue weighted by Crippen LogP contribution is 2.35. The number of imidazole rings is 1. The molecule has 3 aromatic rings. The van der Waals surface area contributed by atoms with Gasteiger partial charge < -0.3 is 19.5 Å². The normalized spacial score (nSPS) is 16.4. The molecule has 1 fully saturated rings. The fourth-order valence-corrected chi connectivity index (χ4v) is 4.08. The monoisotopic (exact) mass is 429 g/mol. The summed E-state index contributed by atoms with van der Waals surface area (Å²) in [5.74, 6) is -3.61. The van der Waals surface area contributed by atoms with Crippen LogP contribution in [0.2, 0.25) is 0 Å². The van der Waals surface area contributed by atoms with Gasteiger partial charge in [-0.3, -0.25) is 4.79 Å². The number of likely N-dealkylation sites (tertiary alicyclic amines) is 1. The number of carbonyl (C=O) groups excluding carboxylic acids is 1. The number of aliphatic hydroxyl groups excluding tert-OH is 1. The summed E-state index contributed by atoms with van der Waals surface area (Å²) in [6.45, 7) is 4.22. The van der Waals surface area contributed by atoms with E-state index in [1.54, 1.807) is 17.5 Å². The Balaban J connectivity index is 1.71. The number of fused-ring (bicyclic) bond motifs is 1. The molecule has 6 nitrogen and oxygen atoms in total. The lowest BCUT2D eigenvalue weighted by Gasteiger charge is -2.39. The molecule has 1 aliphatic rings. The Kier molecular flexibility index (Phi) is 5.21. The number of aromatic hydroxyl groups is 1. The van der Waals surface area contributed by atoms with Crippen molar-refractivity contribution in [3.05, 3.63) is 64.1 Å². The lowest BCUT2D eigenvalue weighted by atomic mass is 9.95. The maximum atomic E-state index is 13.4. The van der Waals surface area contributed by atoms with Gasteiger partial charge in [-0.05, 0) is 44.7 Å². The molecule has 1 amide bonds. The Bertz CT molecular complexity index is 1160. The number of amides is 1. The molecule has 0 bridgehead atoms. The molecule has 2 N–H and O–H groups in total. The highest BCUT2D eigenvalue weighted by molar-refractivity contribution is 5.97. The number of halogens is 2. The molecule has 0 spiro atoms. The summed E-state index contributed by atoms with van der Waals surface area (Å²) in [5.41, 5.74) is 3.92. The molecule has 2 aromatic heterocycles. The van der Waals surface area contributed by atoms with E-state index in [-0.39, 0.29) is 24.2 Å². The number of alkyl halides is 2. The molecule has 8 heteroatoms. The van der Waals surface area contributed by atoms with Crippen LogP contribution in [0.1, 0.15) is 51.0 Å². The van der Waals surface area contributed by atoms with Gasteiger partial charge in [0.15, 0.2) is 11.4 Å². The number of hydrogen-bond donors (Lipinski definition) is 2. The summed E-state index contributed by atoms with van der Waals surface area (Å²) in [7, 11) is 0. The van der Waals surface area contributed by atoms with Crippen molar-refractivity contribution in [3.8, 4) is 5.75 Å². The van der Waals surface area contributed by atoms with Crippen LogP contribution in [0.25, 0.3) is 5.65 Å². The minimum atomic E-state index is -2.88. The van der Waals surface area contributed by atoms with Crippen LogP contribution in [0, 0.1) is 20.8 Å². The average molecular weight is 429 g/mol. The van der Waals surface area contributed by atoms with Gasteiger partial charge in [0.2, 0.25) is 0 Å². The van der Waals surface area contributed by atoms with Crippen LogP contribution >= 0.6 is 0 Å². The molecule has 0 radical (unpaired) electrons. The van der Waals surface area contributed by atoms with Crippen LogP contribution in [0.15, 0.2) is 30.5 Å². The van der Waals surface area contributed by atoms with Gasteiger partial charge in [-0.15, -0.1) is 0 Å². The Labute approximate surface area is 178 Å². The van der Waals surface area contributed by atoms with E-state index in [0.717, 1.165) is 21.7 Å². The quantitative estimate of drug-likeness (QED) is 0.648. The van der Waals surface area contributed by atoms with E-state index < -0.39 is 31.0 Å². The van der Waals surface area contributed by atoms with Crippen molar-refractivity contribution in [2.24, 2.45) is 0 Å². The number of carbonyl (C=O) groups is 1. The van der Waals surface area contributed by atoms with Crippen molar-refractivity contribution in [2.45, 2.75) is 45.6 Å². The maximum Gasteiger partial charge on any atom is 0.282 e. The molecule has 3 heterocycles. The van der Waals surface area contributed by atoms with Gasteiger partial charge in [-0.1, -0.05) is 24.3 Å². The van der Waals surface area contributed by atoms with Crippen molar-refractivity contribution < 1.29 is 23.8 Å². The molecule has 1 aromatic carbocycles. The van der Waals surface area contributed by atoms with E-state index in [9.17, 15) is 23.8 Å². The fourth-order valence-electron chi connectivity index (χ4n) is 4.08. The first kappa shape index (κ1) is 21.2. The van der Waals surface area contributed by atoms with Gasteiger partial charge in [0.25, 0.3) is 11.8 Å². The van der Waals surface area contributed by atoms with Gasteiger partial charge in [0.1, 0.15) is 0 Å². The van der Waals surface area contributed by atoms with Gasteiger partial charge in [0, 0.05) is 17.5 Å². The Morgan fingerprint density at radius 3 is 2.55 bits per heavy atom. The standard InChI is InChI=1S/C23H25F2N3O3/c1-13-6-4-5-7-16(13)19(29)9-8-17-18(22(31)27-11-23(24,25)12-27)10-28-15(3)14(2)26-21(28)20(17)30/h4-7,10,19,29-30H,8-9,11-12H2,1-3H3. The van der Waals surface area contributed by atoms with Crippen molar-refractivity contribution >= 4 is 11.6 Å². The summed E-state index contributed by atoms with van der Waals surface area (Å²) in [6.07, 6.45) is 1.20. The van der Waals surface area contributed by atoms with Crippen LogP contribution in [-0.4, -0.2) is 49.4 Å². The van der Waals surface area contributed by atoms with Crippen LogP contribution < -0.4 is 0 Å². The summed E-state index contributed by atoms with van der Waals surface area (Å²) in [4.78, 5) is 18.5. The smallest absolute Gasteiger partial charge is 0.282 e. The second-order valence-electron chi connectivity index (χ2n) is 8.27. The third kappa shape index (κ3) is 3.76. The number of benzene rings is 1. The molecule has 0 aliphatic carbocycles. The molecule has 164 valence electrons. The topological polar surface area (TPSA) is 78.1 Å². The molecule has 1 saturated heterocycles. The van der Waals surface area contributed by atoms with Gasteiger partial charge >= 0.3 is 0 Å². The van der Waals surface area contributed by atoms with E-state index in [1.165, 1.54) is 0 Å². The summed E-state index contributed by atoms with van der Waals surface area (Å²) in [6, 6.07) is 7.45. The lowest BCUT2D eigenvalue weighted by Crippen LogP contribution is -2.58. The molecule has 4 rings (SSSR count). The van der Waals surface area contributed by atoms with Gasteiger partial charge in [0.05, 0.1) is 30.5 Å². The molecule has 1 unspecified atom stereocenters. The zero-order valence-electron chi connectivity index (χ0n) is 17.7. The SMILES string of the molecule is Cc1ccccc1C(O)CCc1c(C(=O)N2CC(F)(F)C2)cn2c(C)c(C)nc2c1O. The second-order valence-corrected chi connectivity index (χ2v) is 8.27. The van der Waals surface area contributed by atoms with E-state index in [4.69, 9.17) is 0 Å². The van der Waals surface area contributed by atoms with E-state index >= 15 is 0 Å². The van der Waals surface area contributed by atoms with E-state index in [1.807, 2.05) is 38.1 Å².